The van der Waals surface area contributed by atoms with Crippen molar-refractivity contribution in [2.45, 2.75) is 19.4 Å². The van der Waals surface area contributed by atoms with Crippen LogP contribution in [0.4, 0.5) is 0 Å². The fraction of sp³-hybridized carbons (Fsp3) is 0.385. The van der Waals surface area contributed by atoms with E-state index in [9.17, 15) is 9.59 Å². The maximum absolute atomic E-state index is 11.5. The molecule has 0 fully saturated rings. The summed E-state index contributed by atoms with van der Waals surface area (Å²) in [6, 6.07) is 5.29. The summed E-state index contributed by atoms with van der Waals surface area (Å²) in [4.78, 5) is 22.5. The monoisotopic (exact) mass is 266 g/mol. The van der Waals surface area contributed by atoms with Crippen molar-refractivity contribution in [1.82, 2.24) is 0 Å². The van der Waals surface area contributed by atoms with Crippen LogP contribution in [-0.2, 0) is 25.5 Å². The predicted octanol–water partition coefficient (Wildman–Crippen LogP) is 1.06. The highest BCUT2D eigenvalue weighted by Crippen LogP contribution is 2.32. The minimum Gasteiger partial charge on any atom is -0.466 e. The second kappa shape index (κ2) is 5.60. The Morgan fingerprint density at radius 2 is 2.05 bits per heavy atom. The van der Waals surface area contributed by atoms with Gasteiger partial charge in [0.15, 0.2) is 11.5 Å². The summed E-state index contributed by atoms with van der Waals surface area (Å²) in [5, 5.41) is 0. The van der Waals surface area contributed by atoms with Crippen LogP contribution < -0.4 is 9.47 Å². The highest BCUT2D eigenvalue weighted by Gasteiger charge is 2.24. The highest BCUT2D eigenvalue weighted by atomic mass is 16.7. The molecule has 1 aliphatic heterocycles. The van der Waals surface area contributed by atoms with Crippen LogP contribution >= 0.6 is 0 Å². The van der Waals surface area contributed by atoms with Gasteiger partial charge in [-0.1, -0.05) is 6.07 Å². The smallest absolute Gasteiger partial charge is 0.347 e. The molecule has 0 unspecified atom stereocenters. The van der Waals surface area contributed by atoms with Crippen molar-refractivity contribution in [3.05, 3.63) is 23.8 Å². The van der Waals surface area contributed by atoms with E-state index in [-0.39, 0.29) is 13.2 Å². The molecule has 0 N–H and O–H groups in total. The Balaban J connectivity index is 2.12. The van der Waals surface area contributed by atoms with Crippen LogP contribution in [0, 0.1) is 0 Å². The number of rotatable bonds is 4. The summed E-state index contributed by atoms with van der Waals surface area (Å²) in [7, 11) is 1.25. The zero-order valence-electron chi connectivity index (χ0n) is 10.7. The number of carbonyl (C=O) groups is 2. The van der Waals surface area contributed by atoms with Crippen LogP contribution in [0.5, 0.6) is 11.5 Å². The average Bonchev–Trinajstić information content (AvgIpc) is 2.84. The molecule has 0 saturated carbocycles. The standard InChI is InChI=1S/C13H14O6/c1-8(14)19-12(13(15)16-2)6-9-3-4-10-11(5-9)18-7-17-10/h3-5,12H,6-7H2,1-2H3/t12-/m1/s1. The normalized spacial score (nSPS) is 13.8. The van der Waals surface area contributed by atoms with Crippen molar-refractivity contribution in [1.29, 1.82) is 0 Å². The second-order valence-corrected chi connectivity index (χ2v) is 4.01. The van der Waals surface area contributed by atoms with E-state index in [1.54, 1.807) is 18.2 Å². The molecule has 0 bridgehead atoms. The van der Waals surface area contributed by atoms with Crippen molar-refractivity contribution < 1.29 is 28.5 Å². The zero-order valence-corrected chi connectivity index (χ0v) is 10.7. The maximum atomic E-state index is 11.5. The molecule has 1 aromatic carbocycles. The fourth-order valence-corrected chi connectivity index (χ4v) is 1.79. The highest BCUT2D eigenvalue weighted by molar-refractivity contribution is 5.78. The molecule has 0 saturated heterocycles. The van der Waals surface area contributed by atoms with E-state index < -0.39 is 18.0 Å². The van der Waals surface area contributed by atoms with E-state index in [0.29, 0.717) is 11.5 Å². The second-order valence-electron chi connectivity index (χ2n) is 4.01. The van der Waals surface area contributed by atoms with Crippen LogP contribution in [-0.4, -0.2) is 31.9 Å². The molecule has 6 heteroatoms. The first-order valence-electron chi connectivity index (χ1n) is 5.73. The van der Waals surface area contributed by atoms with Gasteiger partial charge >= 0.3 is 11.9 Å². The van der Waals surface area contributed by atoms with Gasteiger partial charge in [0.05, 0.1) is 7.11 Å². The lowest BCUT2D eigenvalue weighted by Gasteiger charge is -2.14. The largest absolute Gasteiger partial charge is 0.466 e. The minimum absolute atomic E-state index is 0.184. The van der Waals surface area contributed by atoms with E-state index >= 15 is 0 Å². The van der Waals surface area contributed by atoms with Crippen molar-refractivity contribution in [2.75, 3.05) is 13.9 Å². The molecule has 6 nitrogen and oxygen atoms in total. The van der Waals surface area contributed by atoms with Crippen molar-refractivity contribution in [3.63, 3.8) is 0 Å². The summed E-state index contributed by atoms with van der Waals surface area (Å²) < 4.78 is 20.0. The van der Waals surface area contributed by atoms with Gasteiger partial charge in [0.1, 0.15) is 0 Å². The number of ether oxygens (including phenoxy) is 4. The molecule has 19 heavy (non-hydrogen) atoms. The van der Waals surface area contributed by atoms with E-state index in [1.807, 2.05) is 0 Å². The van der Waals surface area contributed by atoms with Crippen molar-refractivity contribution in [2.24, 2.45) is 0 Å². The molecule has 0 radical (unpaired) electrons. The zero-order chi connectivity index (χ0) is 13.8. The van der Waals surface area contributed by atoms with Crippen LogP contribution in [0.15, 0.2) is 18.2 Å². The topological polar surface area (TPSA) is 71.1 Å². The molecule has 0 aliphatic carbocycles. The first-order valence-corrected chi connectivity index (χ1v) is 5.73. The molecule has 0 amide bonds. The third kappa shape index (κ3) is 3.15. The summed E-state index contributed by atoms with van der Waals surface area (Å²) >= 11 is 0. The first-order chi connectivity index (χ1) is 9.10. The average molecular weight is 266 g/mol. The van der Waals surface area contributed by atoms with E-state index in [2.05, 4.69) is 4.74 Å². The molecule has 0 aromatic heterocycles. The van der Waals surface area contributed by atoms with Gasteiger partial charge < -0.3 is 18.9 Å². The van der Waals surface area contributed by atoms with E-state index in [0.717, 1.165) is 5.56 Å². The van der Waals surface area contributed by atoms with Gasteiger partial charge in [0.2, 0.25) is 12.9 Å². The Kier molecular flexibility index (Phi) is 3.89. The van der Waals surface area contributed by atoms with Gasteiger partial charge in [-0.3, -0.25) is 4.79 Å². The van der Waals surface area contributed by atoms with Gasteiger partial charge in [-0.05, 0) is 17.7 Å². The third-order valence-electron chi connectivity index (χ3n) is 2.63. The predicted molar refractivity (Wildman–Crippen MR) is 63.8 cm³/mol. The molecular formula is C13H14O6. The Bertz CT molecular complexity index is 496. The van der Waals surface area contributed by atoms with Gasteiger partial charge in [0.25, 0.3) is 0 Å². The molecule has 1 aromatic rings. The molecular weight excluding hydrogens is 252 g/mol. The number of esters is 2. The molecule has 2 rings (SSSR count). The van der Waals surface area contributed by atoms with Crippen LogP contribution in [0.25, 0.3) is 0 Å². The van der Waals surface area contributed by atoms with Crippen molar-refractivity contribution >= 4 is 11.9 Å². The van der Waals surface area contributed by atoms with Crippen molar-refractivity contribution in [3.8, 4) is 11.5 Å². The summed E-state index contributed by atoms with van der Waals surface area (Å²) in [6.07, 6.45) is -0.731. The Hall–Kier alpha value is -2.24. The lowest BCUT2D eigenvalue weighted by Crippen LogP contribution is -2.29. The molecule has 0 spiro atoms. The van der Waals surface area contributed by atoms with Gasteiger partial charge in [0, 0.05) is 13.3 Å². The van der Waals surface area contributed by atoms with Crippen LogP contribution in [0.1, 0.15) is 12.5 Å². The summed E-state index contributed by atoms with van der Waals surface area (Å²) in [6.45, 7) is 1.43. The number of benzene rings is 1. The lowest BCUT2D eigenvalue weighted by molar-refractivity contribution is -0.164. The van der Waals surface area contributed by atoms with Gasteiger partial charge in [-0.15, -0.1) is 0 Å². The Labute approximate surface area is 110 Å². The number of hydrogen-bond donors (Lipinski definition) is 0. The van der Waals surface area contributed by atoms with E-state index in [1.165, 1.54) is 14.0 Å². The number of carbonyl (C=O) groups excluding carboxylic acids is 2. The minimum atomic E-state index is -0.956. The molecule has 102 valence electrons. The summed E-state index contributed by atoms with van der Waals surface area (Å²) in [5.74, 6) is 0.152. The van der Waals surface area contributed by atoms with Gasteiger partial charge in [-0.2, -0.15) is 0 Å². The van der Waals surface area contributed by atoms with Crippen LogP contribution in [0.2, 0.25) is 0 Å². The Morgan fingerprint density at radius 1 is 1.32 bits per heavy atom. The third-order valence-corrected chi connectivity index (χ3v) is 2.63. The number of hydrogen-bond acceptors (Lipinski definition) is 6. The fourth-order valence-electron chi connectivity index (χ4n) is 1.79. The Morgan fingerprint density at radius 3 is 2.74 bits per heavy atom. The first kappa shape index (κ1) is 13.2. The molecule has 1 atom stereocenters. The van der Waals surface area contributed by atoms with Gasteiger partial charge in [-0.25, -0.2) is 4.79 Å². The lowest BCUT2D eigenvalue weighted by atomic mass is 10.1. The quantitative estimate of drug-likeness (QED) is 0.759. The molecule has 1 aliphatic rings. The van der Waals surface area contributed by atoms with Crippen LogP contribution in [0.3, 0.4) is 0 Å². The maximum Gasteiger partial charge on any atom is 0.347 e. The van der Waals surface area contributed by atoms with E-state index in [4.69, 9.17) is 14.2 Å². The number of fused-ring (bicyclic) bond motifs is 1. The number of methoxy groups -OCH3 is 1. The SMILES string of the molecule is COC(=O)[C@@H](Cc1ccc2c(c1)OCO2)OC(C)=O. The molecule has 1 heterocycles. The summed E-state index contributed by atoms with van der Waals surface area (Å²) in [5.41, 5.74) is 0.793.